The Morgan fingerprint density at radius 3 is 3.20 bits per heavy atom. The molecule has 2 heterocycles. The summed E-state index contributed by atoms with van der Waals surface area (Å²) < 4.78 is 10.4. The lowest BCUT2D eigenvalue weighted by Crippen LogP contribution is -2.26. The highest BCUT2D eigenvalue weighted by Crippen LogP contribution is 2.31. The van der Waals surface area contributed by atoms with Crippen LogP contribution in [0.3, 0.4) is 0 Å². The third kappa shape index (κ3) is 2.32. The highest BCUT2D eigenvalue weighted by molar-refractivity contribution is 5.98. The first-order valence-electron chi connectivity index (χ1n) is 6.43. The number of anilines is 1. The van der Waals surface area contributed by atoms with E-state index in [0.29, 0.717) is 24.5 Å². The Morgan fingerprint density at radius 1 is 1.50 bits per heavy atom. The second-order valence-electron chi connectivity index (χ2n) is 4.57. The maximum absolute atomic E-state index is 12.3. The van der Waals surface area contributed by atoms with Crippen LogP contribution in [0.15, 0.2) is 29.0 Å². The predicted molar refractivity (Wildman–Crippen MR) is 72.8 cm³/mol. The summed E-state index contributed by atoms with van der Waals surface area (Å²) in [6.07, 6.45) is 1.54. The first kappa shape index (κ1) is 12.5. The van der Waals surface area contributed by atoms with E-state index < -0.39 is 0 Å². The lowest BCUT2D eigenvalue weighted by Gasteiger charge is -2.21. The van der Waals surface area contributed by atoms with Crippen LogP contribution in [0.2, 0.25) is 0 Å². The smallest absolute Gasteiger partial charge is 0.255 e. The van der Waals surface area contributed by atoms with Gasteiger partial charge in [-0.15, -0.1) is 0 Å². The molecule has 0 unspecified atom stereocenters. The van der Waals surface area contributed by atoms with E-state index in [9.17, 15) is 4.79 Å². The Kier molecular flexibility index (Phi) is 3.28. The van der Waals surface area contributed by atoms with Gasteiger partial charge in [0.2, 0.25) is 0 Å². The van der Waals surface area contributed by atoms with E-state index in [0.717, 1.165) is 23.5 Å². The summed E-state index contributed by atoms with van der Waals surface area (Å²) in [6, 6.07) is 5.48. The molecular weight excluding hydrogens is 258 g/mol. The number of rotatable bonds is 3. The van der Waals surface area contributed by atoms with Gasteiger partial charge in [0.1, 0.15) is 12.9 Å². The molecule has 0 saturated heterocycles. The van der Waals surface area contributed by atoms with Crippen molar-refractivity contribution in [2.45, 2.75) is 13.5 Å². The maximum Gasteiger partial charge on any atom is 0.255 e. The van der Waals surface area contributed by atoms with Gasteiger partial charge in [0.25, 0.3) is 5.91 Å². The number of hydrogen-bond acceptors (Lipinski definition) is 5. The molecular formula is C14H15N3O3. The van der Waals surface area contributed by atoms with Gasteiger partial charge in [-0.1, -0.05) is 11.2 Å². The first-order valence-corrected chi connectivity index (χ1v) is 6.43. The molecule has 1 aliphatic heterocycles. The van der Waals surface area contributed by atoms with Crippen LogP contribution in [0, 0.1) is 6.92 Å². The molecule has 0 atom stereocenters. The van der Waals surface area contributed by atoms with Crippen LogP contribution in [0.4, 0.5) is 5.69 Å². The predicted octanol–water partition coefficient (Wildman–Crippen LogP) is 1.72. The van der Waals surface area contributed by atoms with Crippen LogP contribution < -0.4 is 15.4 Å². The number of aromatic nitrogens is 1. The van der Waals surface area contributed by atoms with Crippen molar-refractivity contribution in [3.05, 3.63) is 41.3 Å². The number of carbonyl (C=O) groups excluding carboxylic acids is 1. The number of nitrogens with one attached hydrogen (secondary N) is 2. The maximum atomic E-state index is 12.3. The molecule has 0 fully saturated rings. The molecule has 3 rings (SSSR count). The van der Waals surface area contributed by atoms with E-state index in [1.807, 2.05) is 19.1 Å². The summed E-state index contributed by atoms with van der Waals surface area (Å²) in [7, 11) is 0. The number of para-hydroxylation sites is 1. The monoisotopic (exact) mass is 273 g/mol. The highest BCUT2D eigenvalue weighted by Gasteiger charge is 2.19. The number of carbonyl (C=O) groups is 1. The Balaban J connectivity index is 1.76. The van der Waals surface area contributed by atoms with Crippen LogP contribution in [0.5, 0.6) is 5.75 Å². The Morgan fingerprint density at radius 2 is 2.40 bits per heavy atom. The average molecular weight is 273 g/mol. The molecule has 104 valence electrons. The summed E-state index contributed by atoms with van der Waals surface area (Å²) in [5, 5.41) is 9.83. The summed E-state index contributed by atoms with van der Waals surface area (Å²) in [5.74, 6) is 0.435. The number of fused-ring (bicyclic) bond motifs is 1. The number of hydrogen-bond donors (Lipinski definition) is 2. The van der Waals surface area contributed by atoms with Crippen LogP contribution >= 0.6 is 0 Å². The third-order valence-electron chi connectivity index (χ3n) is 3.21. The molecule has 0 radical (unpaired) electrons. The summed E-state index contributed by atoms with van der Waals surface area (Å²) in [4.78, 5) is 12.3. The molecule has 6 heteroatoms. The molecule has 2 N–H and O–H groups in total. The van der Waals surface area contributed by atoms with Crippen LogP contribution in [-0.2, 0) is 6.54 Å². The van der Waals surface area contributed by atoms with Crippen molar-refractivity contribution in [2.24, 2.45) is 0 Å². The van der Waals surface area contributed by atoms with E-state index in [-0.39, 0.29) is 5.91 Å². The molecule has 6 nitrogen and oxygen atoms in total. The van der Waals surface area contributed by atoms with Gasteiger partial charge in [-0.25, -0.2) is 0 Å². The standard InChI is InChI=1S/C14H15N3O3/c1-9-10(8-20-17-9)7-16-14(18)11-3-2-4-12-13(11)19-6-5-15-12/h2-4,8,15H,5-7H2,1H3,(H,16,18). The summed E-state index contributed by atoms with van der Waals surface area (Å²) in [5.41, 5.74) is 3.02. The molecule has 1 amide bonds. The Labute approximate surface area is 116 Å². The topological polar surface area (TPSA) is 76.4 Å². The Bertz CT molecular complexity index is 636. The van der Waals surface area contributed by atoms with Gasteiger partial charge >= 0.3 is 0 Å². The van der Waals surface area contributed by atoms with Crippen LogP contribution in [0.25, 0.3) is 0 Å². The SMILES string of the molecule is Cc1nocc1CNC(=O)c1cccc2c1OCCN2. The number of ether oxygens (including phenoxy) is 1. The fraction of sp³-hybridized carbons (Fsp3) is 0.286. The van der Waals surface area contributed by atoms with E-state index >= 15 is 0 Å². The number of nitrogens with zero attached hydrogens (tertiary/aromatic N) is 1. The summed E-state index contributed by atoms with van der Waals surface area (Å²) in [6.45, 7) is 3.52. The average Bonchev–Trinajstić information content (AvgIpc) is 2.89. The number of benzene rings is 1. The fourth-order valence-electron chi connectivity index (χ4n) is 2.10. The van der Waals surface area contributed by atoms with Gasteiger partial charge in [0.15, 0.2) is 5.75 Å². The zero-order valence-electron chi connectivity index (χ0n) is 11.1. The molecule has 0 saturated carbocycles. The lowest BCUT2D eigenvalue weighted by molar-refractivity contribution is 0.0946. The molecule has 1 aromatic carbocycles. The second-order valence-corrected chi connectivity index (χ2v) is 4.57. The molecule has 1 aliphatic rings. The van der Waals surface area contributed by atoms with Crippen molar-refractivity contribution in [1.29, 1.82) is 0 Å². The molecule has 0 bridgehead atoms. The van der Waals surface area contributed by atoms with Gasteiger partial charge in [-0.05, 0) is 19.1 Å². The van der Waals surface area contributed by atoms with Crippen molar-refractivity contribution in [3.63, 3.8) is 0 Å². The quantitative estimate of drug-likeness (QED) is 0.890. The molecule has 0 spiro atoms. The first-order chi connectivity index (χ1) is 9.75. The number of amides is 1. The van der Waals surface area contributed by atoms with Crippen molar-refractivity contribution in [2.75, 3.05) is 18.5 Å². The fourth-order valence-corrected chi connectivity index (χ4v) is 2.10. The second kappa shape index (κ2) is 5.24. The molecule has 20 heavy (non-hydrogen) atoms. The van der Waals surface area contributed by atoms with Gasteiger partial charge in [0.05, 0.1) is 16.9 Å². The minimum Gasteiger partial charge on any atom is -0.489 e. The van der Waals surface area contributed by atoms with Crippen molar-refractivity contribution < 1.29 is 14.1 Å². The molecule has 2 aromatic rings. The van der Waals surface area contributed by atoms with Crippen LogP contribution in [0.1, 0.15) is 21.6 Å². The number of aryl methyl sites for hydroxylation is 1. The van der Waals surface area contributed by atoms with Gasteiger partial charge < -0.3 is 19.9 Å². The van der Waals surface area contributed by atoms with Gasteiger partial charge in [-0.2, -0.15) is 0 Å². The zero-order valence-corrected chi connectivity index (χ0v) is 11.1. The van der Waals surface area contributed by atoms with E-state index in [2.05, 4.69) is 15.8 Å². The van der Waals surface area contributed by atoms with Gasteiger partial charge in [-0.3, -0.25) is 4.79 Å². The Hall–Kier alpha value is -2.50. The minimum atomic E-state index is -0.175. The lowest BCUT2D eigenvalue weighted by atomic mass is 10.1. The van der Waals surface area contributed by atoms with Crippen molar-refractivity contribution in [3.8, 4) is 5.75 Å². The largest absolute Gasteiger partial charge is 0.489 e. The van der Waals surface area contributed by atoms with E-state index in [4.69, 9.17) is 9.26 Å². The molecule has 1 aromatic heterocycles. The summed E-state index contributed by atoms with van der Waals surface area (Å²) >= 11 is 0. The van der Waals surface area contributed by atoms with Crippen molar-refractivity contribution >= 4 is 11.6 Å². The van der Waals surface area contributed by atoms with Crippen LogP contribution in [-0.4, -0.2) is 24.2 Å². The highest BCUT2D eigenvalue weighted by atomic mass is 16.5. The third-order valence-corrected chi connectivity index (χ3v) is 3.21. The van der Waals surface area contributed by atoms with Gasteiger partial charge in [0, 0.05) is 18.7 Å². The van der Waals surface area contributed by atoms with Crippen molar-refractivity contribution in [1.82, 2.24) is 10.5 Å². The normalized spacial score (nSPS) is 13.1. The van der Waals surface area contributed by atoms with E-state index in [1.54, 1.807) is 6.07 Å². The van der Waals surface area contributed by atoms with E-state index in [1.165, 1.54) is 6.26 Å². The zero-order chi connectivity index (χ0) is 13.9. The molecule has 0 aliphatic carbocycles. The minimum absolute atomic E-state index is 0.175.